The fourth-order valence-corrected chi connectivity index (χ4v) is 3.05. The summed E-state index contributed by atoms with van der Waals surface area (Å²) in [5.74, 6) is 0. The molecule has 0 saturated heterocycles. The van der Waals surface area contributed by atoms with E-state index in [1.807, 2.05) is 24.6 Å². The molecule has 5 heteroatoms. The lowest BCUT2D eigenvalue weighted by atomic mass is 10.2. The summed E-state index contributed by atoms with van der Waals surface area (Å²) in [6, 6.07) is 3.61. The second kappa shape index (κ2) is 4.53. The van der Waals surface area contributed by atoms with Gasteiger partial charge in [-0.2, -0.15) is 5.10 Å². The van der Waals surface area contributed by atoms with E-state index in [0.29, 0.717) is 11.7 Å². The molecule has 2 aromatic rings. The predicted molar refractivity (Wildman–Crippen MR) is 74.8 cm³/mol. The third kappa shape index (κ3) is 2.00. The highest BCUT2D eigenvalue weighted by atomic mass is 35.5. The first-order valence-electron chi connectivity index (χ1n) is 6.47. The van der Waals surface area contributed by atoms with Crippen molar-refractivity contribution < 1.29 is 0 Å². The molecule has 2 heterocycles. The normalized spacial score (nSPS) is 13.8. The Kier molecular flexibility index (Phi) is 2.97. The number of pyridine rings is 1. The number of hydrogen-bond acceptors (Lipinski definition) is 2. The van der Waals surface area contributed by atoms with Crippen molar-refractivity contribution >= 4 is 11.6 Å². The van der Waals surface area contributed by atoms with E-state index in [9.17, 15) is 4.79 Å². The van der Waals surface area contributed by atoms with Crippen LogP contribution in [0.1, 0.15) is 28.9 Å². The van der Waals surface area contributed by atoms with Crippen LogP contribution >= 0.6 is 11.6 Å². The molecular weight excluding hydrogens is 262 g/mol. The first kappa shape index (κ1) is 12.5. The van der Waals surface area contributed by atoms with Crippen molar-refractivity contribution in [1.82, 2.24) is 14.3 Å². The molecule has 0 aliphatic heterocycles. The lowest BCUT2D eigenvalue weighted by Crippen LogP contribution is -2.23. The minimum atomic E-state index is 0.0416. The molecule has 0 bridgehead atoms. The van der Waals surface area contributed by atoms with Crippen molar-refractivity contribution in [2.24, 2.45) is 7.05 Å². The van der Waals surface area contributed by atoms with Gasteiger partial charge in [-0.25, -0.2) is 0 Å². The highest BCUT2D eigenvalue weighted by Gasteiger charge is 2.18. The number of aromatic nitrogens is 3. The van der Waals surface area contributed by atoms with Crippen LogP contribution in [-0.2, 0) is 26.4 Å². The Balaban J connectivity index is 2.09. The zero-order valence-corrected chi connectivity index (χ0v) is 11.9. The van der Waals surface area contributed by atoms with Crippen LogP contribution in [0, 0.1) is 6.92 Å². The van der Waals surface area contributed by atoms with Gasteiger partial charge in [0.15, 0.2) is 0 Å². The van der Waals surface area contributed by atoms with Crippen LogP contribution in [-0.4, -0.2) is 14.3 Å². The van der Waals surface area contributed by atoms with E-state index in [1.54, 1.807) is 10.7 Å². The van der Waals surface area contributed by atoms with Crippen molar-refractivity contribution in [2.75, 3.05) is 0 Å². The van der Waals surface area contributed by atoms with E-state index in [4.69, 9.17) is 11.6 Å². The minimum Gasteiger partial charge on any atom is -0.308 e. The summed E-state index contributed by atoms with van der Waals surface area (Å²) in [6.07, 6.45) is 3.16. The molecule has 1 aliphatic rings. The second-order valence-electron chi connectivity index (χ2n) is 5.06. The molecule has 100 valence electrons. The van der Waals surface area contributed by atoms with Crippen LogP contribution in [0.25, 0.3) is 0 Å². The van der Waals surface area contributed by atoms with Gasteiger partial charge in [0.2, 0.25) is 0 Å². The molecule has 0 fully saturated rings. The van der Waals surface area contributed by atoms with Crippen molar-refractivity contribution in [1.29, 1.82) is 0 Å². The topological polar surface area (TPSA) is 39.8 Å². The summed E-state index contributed by atoms with van der Waals surface area (Å²) in [4.78, 5) is 12.1. The summed E-state index contributed by atoms with van der Waals surface area (Å²) in [6.45, 7) is 2.44. The van der Waals surface area contributed by atoms with E-state index in [-0.39, 0.29) is 5.56 Å². The molecule has 0 radical (unpaired) electrons. The number of hydrogen-bond donors (Lipinski definition) is 0. The zero-order valence-electron chi connectivity index (χ0n) is 11.1. The van der Waals surface area contributed by atoms with E-state index >= 15 is 0 Å². The summed E-state index contributed by atoms with van der Waals surface area (Å²) in [7, 11) is 1.82. The van der Waals surface area contributed by atoms with E-state index in [1.165, 1.54) is 5.56 Å². The Morgan fingerprint density at radius 2 is 2.16 bits per heavy atom. The monoisotopic (exact) mass is 277 g/mol. The van der Waals surface area contributed by atoms with Gasteiger partial charge in [0.1, 0.15) is 5.15 Å². The molecule has 0 amide bonds. The van der Waals surface area contributed by atoms with Crippen LogP contribution in [0.3, 0.4) is 0 Å². The van der Waals surface area contributed by atoms with Gasteiger partial charge in [0, 0.05) is 24.4 Å². The predicted octanol–water partition coefficient (Wildman–Crippen LogP) is 2.08. The minimum absolute atomic E-state index is 0.0416. The second-order valence-corrected chi connectivity index (χ2v) is 5.42. The van der Waals surface area contributed by atoms with Gasteiger partial charge in [-0.15, -0.1) is 0 Å². The molecule has 0 saturated carbocycles. The van der Waals surface area contributed by atoms with Crippen molar-refractivity contribution in [3.8, 4) is 0 Å². The maximum absolute atomic E-state index is 12.1. The Labute approximate surface area is 116 Å². The van der Waals surface area contributed by atoms with Gasteiger partial charge in [0.05, 0.1) is 12.2 Å². The summed E-state index contributed by atoms with van der Waals surface area (Å²) >= 11 is 6.25. The third-order valence-electron chi connectivity index (χ3n) is 3.84. The number of halogens is 1. The van der Waals surface area contributed by atoms with Crippen LogP contribution in [0.5, 0.6) is 0 Å². The van der Waals surface area contributed by atoms with Gasteiger partial charge in [-0.3, -0.25) is 9.48 Å². The van der Waals surface area contributed by atoms with Gasteiger partial charge in [-0.1, -0.05) is 17.7 Å². The SMILES string of the molecule is Cc1nn(C)c(Cl)c1Cn1c2c(ccc1=O)CCC2. The molecule has 0 atom stereocenters. The lowest BCUT2D eigenvalue weighted by molar-refractivity contribution is 0.704. The van der Waals surface area contributed by atoms with E-state index in [2.05, 4.69) is 5.10 Å². The maximum atomic E-state index is 12.1. The highest BCUT2D eigenvalue weighted by molar-refractivity contribution is 6.30. The Hall–Kier alpha value is -1.55. The van der Waals surface area contributed by atoms with Gasteiger partial charge >= 0.3 is 0 Å². The fraction of sp³-hybridized carbons (Fsp3) is 0.429. The van der Waals surface area contributed by atoms with Crippen LogP contribution < -0.4 is 5.56 Å². The first-order valence-corrected chi connectivity index (χ1v) is 6.85. The maximum Gasteiger partial charge on any atom is 0.251 e. The molecule has 2 aromatic heterocycles. The number of aryl methyl sites for hydroxylation is 3. The van der Waals surface area contributed by atoms with Crippen molar-refractivity contribution in [3.63, 3.8) is 0 Å². The van der Waals surface area contributed by atoms with Crippen LogP contribution in [0.15, 0.2) is 16.9 Å². The molecule has 0 aromatic carbocycles. The van der Waals surface area contributed by atoms with Crippen LogP contribution in [0.4, 0.5) is 0 Å². The highest BCUT2D eigenvalue weighted by Crippen LogP contribution is 2.23. The third-order valence-corrected chi connectivity index (χ3v) is 4.31. The fourth-order valence-electron chi connectivity index (χ4n) is 2.82. The van der Waals surface area contributed by atoms with E-state index in [0.717, 1.165) is 36.2 Å². The molecule has 4 nitrogen and oxygen atoms in total. The molecule has 3 rings (SSSR count). The molecule has 0 spiro atoms. The summed E-state index contributed by atoms with van der Waals surface area (Å²) in [5, 5.41) is 4.91. The van der Waals surface area contributed by atoms with Gasteiger partial charge < -0.3 is 4.57 Å². The molecular formula is C14H16ClN3O. The standard InChI is InChI=1S/C14H16ClN3O/c1-9-11(14(15)17(2)16-9)8-18-12-5-3-4-10(12)6-7-13(18)19/h6-7H,3-5,8H2,1-2H3. The first-order chi connectivity index (χ1) is 9.08. The zero-order chi connectivity index (χ0) is 13.6. The largest absolute Gasteiger partial charge is 0.308 e. The summed E-state index contributed by atoms with van der Waals surface area (Å²) < 4.78 is 3.50. The number of nitrogens with zero attached hydrogens (tertiary/aromatic N) is 3. The van der Waals surface area contributed by atoms with Crippen molar-refractivity contribution in [2.45, 2.75) is 32.7 Å². The van der Waals surface area contributed by atoms with Crippen LogP contribution in [0.2, 0.25) is 5.15 Å². The quantitative estimate of drug-likeness (QED) is 0.843. The lowest BCUT2D eigenvalue weighted by Gasteiger charge is -2.11. The average Bonchev–Trinajstić information content (AvgIpc) is 2.92. The molecule has 0 unspecified atom stereocenters. The molecule has 1 aliphatic carbocycles. The van der Waals surface area contributed by atoms with Gasteiger partial charge in [0.25, 0.3) is 5.56 Å². The number of fused-ring (bicyclic) bond motifs is 1. The Bertz CT molecular complexity index is 699. The average molecular weight is 278 g/mol. The smallest absolute Gasteiger partial charge is 0.251 e. The van der Waals surface area contributed by atoms with E-state index < -0.39 is 0 Å². The molecule has 19 heavy (non-hydrogen) atoms. The van der Waals surface area contributed by atoms with Gasteiger partial charge in [-0.05, 0) is 31.7 Å². The number of rotatable bonds is 2. The Morgan fingerprint density at radius 3 is 2.84 bits per heavy atom. The summed E-state index contributed by atoms with van der Waals surface area (Å²) in [5.41, 5.74) is 4.31. The van der Waals surface area contributed by atoms with Crippen molar-refractivity contribution in [3.05, 3.63) is 50.2 Å². The Morgan fingerprint density at radius 1 is 1.37 bits per heavy atom. The molecule has 0 N–H and O–H groups in total.